The Kier molecular flexibility index (Phi) is 6.92. The first kappa shape index (κ1) is 25.2. The van der Waals surface area contributed by atoms with Gasteiger partial charge in [-0.1, -0.05) is 30.3 Å². The number of nitrogens with zero attached hydrogens (tertiary/aromatic N) is 1. The highest BCUT2D eigenvalue weighted by molar-refractivity contribution is 6.03. The van der Waals surface area contributed by atoms with E-state index in [1.807, 2.05) is 30.3 Å². The zero-order valence-corrected chi connectivity index (χ0v) is 21.0. The molecule has 3 aliphatic heterocycles. The smallest absolute Gasteiger partial charge is 0.312 e. The van der Waals surface area contributed by atoms with Crippen LogP contribution in [0.25, 0.3) is 0 Å². The number of benzene rings is 2. The van der Waals surface area contributed by atoms with Crippen molar-refractivity contribution in [3.63, 3.8) is 0 Å². The normalized spacial score (nSPS) is 28.6. The zero-order valence-electron chi connectivity index (χ0n) is 21.0. The van der Waals surface area contributed by atoms with Crippen LogP contribution in [0.4, 0.5) is 5.69 Å². The summed E-state index contributed by atoms with van der Waals surface area (Å²) in [6, 6.07) is 14.7. The monoisotopic (exact) mass is 508 g/mol. The Labute approximate surface area is 215 Å². The summed E-state index contributed by atoms with van der Waals surface area (Å²) in [5.74, 6) is -2.23. The lowest BCUT2D eigenvalue weighted by atomic mass is 9.70. The molecule has 3 aliphatic rings. The molecule has 0 unspecified atom stereocenters. The van der Waals surface area contributed by atoms with Crippen LogP contribution in [0.5, 0.6) is 5.75 Å². The van der Waals surface area contributed by atoms with E-state index in [-0.39, 0.29) is 19.1 Å². The molecule has 3 fully saturated rings. The van der Waals surface area contributed by atoms with Crippen LogP contribution in [0.3, 0.4) is 0 Å². The first-order valence-corrected chi connectivity index (χ1v) is 12.7. The molecule has 5 rings (SSSR count). The second-order valence-electron chi connectivity index (χ2n) is 9.80. The highest BCUT2D eigenvalue weighted by Gasteiger charge is 2.75. The van der Waals surface area contributed by atoms with E-state index >= 15 is 0 Å². The van der Waals surface area contributed by atoms with Crippen LogP contribution in [0.1, 0.15) is 25.3 Å². The first-order valence-electron chi connectivity index (χ1n) is 12.7. The summed E-state index contributed by atoms with van der Waals surface area (Å²) < 4.78 is 16.9. The van der Waals surface area contributed by atoms with Crippen molar-refractivity contribution in [2.45, 2.75) is 50.0 Å². The van der Waals surface area contributed by atoms with Gasteiger partial charge in [-0.15, -0.1) is 0 Å². The second kappa shape index (κ2) is 10.1. The number of hydrogen-bond acceptors (Lipinski definition) is 7. The van der Waals surface area contributed by atoms with E-state index in [9.17, 15) is 19.5 Å². The van der Waals surface area contributed by atoms with Crippen molar-refractivity contribution in [1.82, 2.24) is 4.90 Å². The van der Waals surface area contributed by atoms with Gasteiger partial charge in [0.05, 0.1) is 44.3 Å². The standard InChI is InChI=1S/C28H32N2O7/c1-3-36-27(34)22-21-13-14-28(37-21)23(22)26(33)30(19(16-31)15-17-7-5-4-6-8-17)24(28)25(32)29-18-9-11-20(35-2)12-10-18/h4-12,19,21-24,31H,3,13-16H2,1-2H3,(H,29,32)/t19-,21-,22+,23+,24-,28+/m1/s1. The van der Waals surface area contributed by atoms with Gasteiger partial charge < -0.3 is 29.5 Å². The fourth-order valence-electron chi connectivity index (χ4n) is 6.31. The van der Waals surface area contributed by atoms with Gasteiger partial charge >= 0.3 is 5.97 Å². The molecule has 0 aliphatic carbocycles. The van der Waals surface area contributed by atoms with E-state index in [4.69, 9.17) is 14.2 Å². The second-order valence-corrected chi connectivity index (χ2v) is 9.80. The molecule has 3 saturated heterocycles. The minimum Gasteiger partial charge on any atom is -0.497 e. The Bertz CT molecular complexity index is 1150. The molecular formula is C28H32N2O7. The number of hydrogen-bond donors (Lipinski definition) is 2. The molecule has 2 aromatic rings. The van der Waals surface area contributed by atoms with Gasteiger partial charge in [-0.05, 0) is 56.0 Å². The summed E-state index contributed by atoms with van der Waals surface area (Å²) in [5, 5.41) is 13.4. The van der Waals surface area contributed by atoms with E-state index in [2.05, 4.69) is 5.32 Å². The Hall–Kier alpha value is -3.43. The van der Waals surface area contributed by atoms with Gasteiger partial charge in [0.1, 0.15) is 17.4 Å². The molecule has 2 bridgehead atoms. The number of rotatable bonds is 9. The molecule has 2 amide bonds. The third-order valence-electron chi connectivity index (χ3n) is 7.82. The molecular weight excluding hydrogens is 476 g/mol. The molecule has 196 valence electrons. The van der Waals surface area contributed by atoms with E-state index < -0.39 is 47.5 Å². The van der Waals surface area contributed by atoms with Crippen molar-refractivity contribution in [1.29, 1.82) is 0 Å². The maximum absolute atomic E-state index is 14.1. The maximum Gasteiger partial charge on any atom is 0.312 e. The van der Waals surface area contributed by atoms with Gasteiger partial charge in [0.15, 0.2) is 0 Å². The number of esters is 1. The predicted octanol–water partition coefficient (Wildman–Crippen LogP) is 2.17. The number of methoxy groups -OCH3 is 1. The van der Waals surface area contributed by atoms with Crippen LogP contribution in [0.2, 0.25) is 0 Å². The van der Waals surface area contributed by atoms with Gasteiger partial charge in [-0.3, -0.25) is 14.4 Å². The number of carbonyl (C=O) groups is 3. The van der Waals surface area contributed by atoms with Crippen LogP contribution in [0, 0.1) is 11.8 Å². The van der Waals surface area contributed by atoms with Crippen LogP contribution < -0.4 is 10.1 Å². The Morgan fingerprint density at radius 1 is 1.19 bits per heavy atom. The van der Waals surface area contributed by atoms with Gasteiger partial charge in [-0.2, -0.15) is 0 Å². The SMILES string of the molecule is CCOC(=O)[C@@H]1[C@H]2C(=O)N([C@@H](CO)Cc3ccccc3)[C@H](C(=O)Nc3ccc(OC)cc3)[C@]23CC[C@H]1O3. The molecule has 3 heterocycles. The lowest BCUT2D eigenvalue weighted by molar-refractivity contribution is -0.155. The van der Waals surface area contributed by atoms with Crippen molar-refractivity contribution in [2.75, 3.05) is 25.6 Å². The Balaban J connectivity index is 1.52. The number of fused-ring (bicyclic) bond motifs is 1. The van der Waals surface area contributed by atoms with Crippen LogP contribution in [-0.4, -0.2) is 71.9 Å². The molecule has 2 aromatic carbocycles. The average molecular weight is 509 g/mol. The third-order valence-corrected chi connectivity index (χ3v) is 7.82. The van der Waals surface area contributed by atoms with E-state index in [1.54, 1.807) is 38.3 Å². The van der Waals surface area contributed by atoms with Crippen molar-refractivity contribution in [2.24, 2.45) is 11.8 Å². The number of nitrogens with one attached hydrogen (secondary N) is 1. The first-order chi connectivity index (χ1) is 17.9. The fraction of sp³-hybridized carbons (Fsp3) is 0.464. The Morgan fingerprint density at radius 3 is 2.57 bits per heavy atom. The number of carbonyl (C=O) groups excluding carboxylic acids is 3. The summed E-state index contributed by atoms with van der Waals surface area (Å²) in [6.07, 6.45) is 0.889. The number of likely N-dealkylation sites (tertiary alicyclic amines) is 1. The van der Waals surface area contributed by atoms with Gasteiger partial charge in [-0.25, -0.2) is 0 Å². The minimum atomic E-state index is -1.17. The summed E-state index contributed by atoms with van der Waals surface area (Å²) in [6.45, 7) is 1.56. The fourth-order valence-corrected chi connectivity index (χ4v) is 6.31. The quantitative estimate of drug-likeness (QED) is 0.499. The lowest BCUT2D eigenvalue weighted by Gasteiger charge is -2.36. The average Bonchev–Trinajstić information content (AvgIpc) is 3.56. The van der Waals surface area contributed by atoms with E-state index in [0.29, 0.717) is 30.7 Å². The van der Waals surface area contributed by atoms with E-state index in [0.717, 1.165) is 5.56 Å². The maximum atomic E-state index is 14.1. The zero-order chi connectivity index (χ0) is 26.2. The molecule has 0 aromatic heterocycles. The summed E-state index contributed by atoms with van der Waals surface area (Å²) in [4.78, 5) is 42.4. The molecule has 2 N–H and O–H groups in total. The van der Waals surface area contributed by atoms with Crippen LogP contribution in [-0.2, 0) is 30.3 Å². The third kappa shape index (κ3) is 4.26. The number of amides is 2. The number of aliphatic hydroxyl groups is 1. The van der Waals surface area contributed by atoms with Crippen molar-refractivity contribution in [3.05, 3.63) is 60.2 Å². The molecule has 9 heteroatoms. The molecule has 0 radical (unpaired) electrons. The molecule has 6 atom stereocenters. The van der Waals surface area contributed by atoms with Crippen molar-refractivity contribution >= 4 is 23.5 Å². The van der Waals surface area contributed by atoms with Gasteiger partial charge in [0.25, 0.3) is 0 Å². The number of ether oxygens (including phenoxy) is 3. The topological polar surface area (TPSA) is 114 Å². The van der Waals surface area contributed by atoms with Crippen molar-refractivity contribution in [3.8, 4) is 5.75 Å². The number of aliphatic hydroxyl groups excluding tert-OH is 1. The summed E-state index contributed by atoms with van der Waals surface area (Å²) in [5.41, 5.74) is 0.293. The molecule has 37 heavy (non-hydrogen) atoms. The molecule has 9 nitrogen and oxygen atoms in total. The largest absolute Gasteiger partial charge is 0.497 e. The highest BCUT2D eigenvalue weighted by atomic mass is 16.6. The van der Waals surface area contributed by atoms with E-state index in [1.165, 1.54) is 4.90 Å². The minimum absolute atomic E-state index is 0.189. The van der Waals surface area contributed by atoms with Crippen molar-refractivity contribution < 1.29 is 33.7 Å². The molecule has 1 spiro atoms. The molecule has 0 saturated carbocycles. The van der Waals surface area contributed by atoms with Crippen LogP contribution >= 0.6 is 0 Å². The van der Waals surface area contributed by atoms with Crippen LogP contribution in [0.15, 0.2) is 54.6 Å². The van der Waals surface area contributed by atoms with Gasteiger partial charge in [0.2, 0.25) is 11.8 Å². The van der Waals surface area contributed by atoms with Gasteiger partial charge in [0, 0.05) is 5.69 Å². The predicted molar refractivity (Wildman–Crippen MR) is 134 cm³/mol. The summed E-state index contributed by atoms with van der Waals surface area (Å²) >= 11 is 0. The Morgan fingerprint density at radius 2 is 1.92 bits per heavy atom. The lowest BCUT2D eigenvalue weighted by Crippen LogP contribution is -2.56. The summed E-state index contributed by atoms with van der Waals surface area (Å²) in [7, 11) is 1.56. The highest BCUT2D eigenvalue weighted by Crippen LogP contribution is 2.59. The number of anilines is 1.